The predicted octanol–water partition coefficient (Wildman–Crippen LogP) is 3.67. The van der Waals surface area contributed by atoms with Gasteiger partial charge in [-0.05, 0) is 61.3 Å². The maximum Gasteiger partial charge on any atom is 0.264 e. The number of nitrogens with one attached hydrogen (secondary N) is 1. The largest absolute Gasteiger partial charge is 0.310 e. The zero-order chi connectivity index (χ0) is 18.6. The van der Waals surface area contributed by atoms with Gasteiger partial charge in [0, 0.05) is 19.5 Å². The molecule has 27 heavy (non-hydrogen) atoms. The van der Waals surface area contributed by atoms with E-state index in [1.54, 1.807) is 11.8 Å². The van der Waals surface area contributed by atoms with Crippen LogP contribution in [-0.4, -0.2) is 40.3 Å². The molecule has 0 saturated carbocycles. The highest BCUT2D eigenvalue weighted by atomic mass is 32.2. The molecule has 0 radical (unpaired) electrons. The third-order valence-electron chi connectivity index (χ3n) is 5.20. The molecule has 0 amide bonds. The molecule has 1 aromatic heterocycles. The SMILES string of the molecule is O=c1[nH]c(CCCN2CC=C(c3ccc(F)cc3)CC2)nc2c1SCCC2. The summed E-state index contributed by atoms with van der Waals surface area (Å²) in [6, 6.07) is 6.75. The zero-order valence-electron chi connectivity index (χ0n) is 15.3. The Morgan fingerprint density at radius 1 is 1.22 bits per heavy atom. The molecule has 0 atom stereocenters. The molecule has 0 aliphatic carbocycles. The number of halogens is 1. The van der Waals surface area contributed by atoms with Crippen LogP contribution in [0.3, 0.4) is 0 Å². The summed E-state index contributed by atoms with van der Waals surface area (Å²) in [7, 11) is 0. The van der Waals surface area contributed by atoms with Gasteiger partial charge in [-0.3, -0.25) is 9.69 Å². The minimum absolute atomic E-state index is 0.0320. The Hall–Kier alpha value is -1.92. The van der Waals surface area contributed by atoms with Crippen LogP contribution in [0.5, 0.6) is 0 Å². The van der Waals surface area contributed by atoms with Crippen molar-refractivity contribution in [2.45, 2.75) is 37.0 Å². The van der Waals surface area contributed by atoms with Crippen LogP contribution in [0, 0.1) is 5.82 Å². The minimum atomic E-state index is -0.191. The Morgan fingerprint density at radius 3 is 2.85 bits per heavy atom. The van der Waals surface area contributed by atoms with Crippen molar-refractivity contribution in [1.82, 2.24) is 14.9 Å². The normalized spacial score (nSPS) is 17.4. The Balaban J connectivity index is 1.30. The highest BCUT2D eigenvalue weighted by Crippen LogP contribution is 2.25. The summed E-state index contributed by atoms with van der Waals surface area (Å²) in [4.78, 5) is 23.1. The van der Waals surface area contributed by atoms with Gasteiger partial charge in [-0.25, -0.2) is 9.37 Å². The number of thioether (sulfide) groups is 1. The average Bonchev–Trinajstić information content (AvgIpc) is 2.69. The van der Waals surface area contributed by atoms with Crippen molar-refractivity contribution in [3.05, 3.63) is 63.6 Å². The number of hydrogen-bond acceptors (Lipinski definition) is 4. The van der Waals surface area contributed by atoms with Gasteiger partial charge < -0.3 is 4.98 Å². The van der Waals surface area contributed by atoms with Gasteiger partial charge in [0.05, 0.1) is 10.6 Å². The molecule has 4 rings (SSSR count). The van der Waals surface area contributed by atoms with E-state index in [0.29, 0.717) is 0 Å². The minimum Gasteiger partial charge on any atom is -0.310 e. The first-order valence-corrected chi connectivity index (χ1v) is 10.6. The lowest BCUT2D eigenvalue weighted by molar-refractivity contribution is 0.297. The summed E-state index contributed by atoms with van der Waals surface area (Å²) < 4.78 is 13.1. The number of benzene rings is 1. The maximum absolute atomic E-state index is 13.1. The third-order valence-corrected chi connectivity index (χ3v) is 6.40. The van der Waals surface area contributed by atoms with Crippen molar-refractivity contribution in [1.29, 1.82) is 0 Å². The molecule has 142 valence electrons. The van der Waals surface area contributed by atoms with E-state index in [9.17, 15) is 9.18 Å². The van der Waals surface area contributed by atoms with Crippen LogP contribution in [0.2, 0.25) is 0 Å². The molecule has 0 fully saturated rings. The van der Waals surface area contributed by atoms with Crippen LogP contribution >= 0.6 is 11.8 Å². The molecule has 0 saturated heterocycles. The number of aryl methyl sites for hydroxylation is 2. The third kappa shape index (κ3) is 4.50. The fraction of sp³-hybridized carbons (Fsp3) is 0.429. The monoisotopic (exact) mass is 385 g/mol. The second-order valence-corrected chi connectivity index (χ2v) is 8.24. The van der Waals surface area contributed by atoms with Crippen molar-refractivity contribution in [3.8, 4) is 0 Å². The fourth-order valence-electron chi connectivity index (χ4n) is 3.72. The predicted molar refractivity (Wildman–Crippen MR) is 108 cm³/mol. The standard InChI is InChI=1S/C21H24FN3OS/c22-17-7-5-15(6-8-17)16-9-12-25(13-10-16)11-1-4-19-23-18-3-2-14-27-20(18)21(26)24-19/h5-9H,1-4,10-14H2,(H,23,24,26). The Labute approximate surface area is 162 Å². The van der Waals surface area contributed by atoms with E-state index in [0.717, 1.165) is 79.5 Å². The van der Waals surface area contributed by atoms with Gasteiger partial charge in [0.15, 0.2) is 0 Å². The summed E-state index contributed by atoms with van der Waals surface area (Å²) in [5, 5.41) is 0. The molecule has 0 spiro atoms. The average molecular weight is 386 g/mol. The molecule has 2 aromatic rings. The van der Waals surface area contributed by atoms with Gasteiger partial charge in [0.2, 0.25) is 0 Å². The first-order valence-electron chi connectivity index (χ1n) is 9.61. The topological polar surface area (TPSA) is 49.0 Å². The van der Waals surface area contributed by atoms with Crippen LogP contribution < -0.4 is 5.56 Å². The fourth-order valence-corrected chi connectivity index (χ4v) is 4.71. The summed E-state index contributed by atoms with van der Waals surface area (Å²) in [5.74, 6) is 1.64. The summed E-state index contributed by atoms with van der Waals surface area (Å²) in [5.41, 5.74) is 3.42. The van der Waals surface area contributed by atoms with Gasteiger partial charge in [0.25, 0.3) is 5.56 Å². The van der Waals surface area contributed by atoms with Crippen LogP contribution in [0.1, 0.15) is 36.3 Å². The number of nitrogens with zero attached hydrogens (tertiary/aromatic N) is 2. The number of aromatic nitrogens is 2. The quantitative estimate of drug-likeness (QED) is 0.853. The number of hydrogen-bond donors (Lipinski definition) is 1. The van der Waals surface area contributed by atoms with E-state index < -0.39 is 0 Å². The van der Waals surface area contributed by atoms with Gasteiger partial charge in [0.1, 0.15) is 11.6 Å². The molecule has 4 nitrogen and oxygen atoms in total. The van der Waals surface area contributed by atoms with Crippen molar-refractivity contribution in [3.63, 3.8) is 0 Å². The lowest BCUT2D eigenvalue weighted by Gasteiger charge is -2.26. The smallest absolute Gasteiger partial charge is 0.264 e. The summed E-state index contributed by atoms with van der Waals surface area (Å²) >= 11 is 1.63. The molecular weight excluding hydrogens is 361 g/mol. The summed E-state index contributed by atoms with van der Waals surface area (Å²) in [6.07, 6.45) is 7.03. The van der Waals surface area contributed by atoms with E-state index in [1.165, 1.54) is 17.7 Å². The van der Waals surface area contributed by atoms with Crippen LogP contribution in [0.25, 0.3) is 5.57 Å². The van der Waals surface area contributed by atoms with Gasteiger partial charge in [-0.2, -0.15) is 0 Å². The molecule has 1 N–H and O–H groups in total. The van der Waals surface area contributed by atoms with Crippen LogP contribution in [0.4, 0.5) is 4.39 Å². The molecule has 0 unspecified atom stereocenters. The molecule has 0 bridgehead atoms. The van der Waals surface area contributed by atoms with Crippen LogP contribution in [-0.2, 0) is 12.8 Å². The highest BCUT2D eigenvalue weighted by Gasteiger charge is 2.17. The van der Waals surface area contributed by atoms with Crippen molar-refractivity contribution in [2.75, 3.05) is 25.4 Å². The molecule has 1 aromatic carbocycles. The first kappa shape index (κ1) is 18.4. The number of H-pyrrole nitrogens is 1. The lowest BCUT2D eigenvalue weighted by Crippen LogP contribution is -2.30. The Bertz CT molecular complexity index is 891. The van der Waals surface area contributed by atoms with E-state index in [2.05, 4.69) is 20.9 Å². The van der Waals surface area contributed by atoms with E-state index >= 15 is 0 Å². The van der Waals surface area contributed by atoms with Crippen LogP contribution in [0.15, 0.2) is 40.0 Å². The van der Waals surface area contributed by atoms with E-state index in [1.807, 2.05) is 12.1 Å². The second kappa shape index (κ2) is 8.40. The van der Waals surface area contributed by atoms with Crippen molar-refractivity contribution < 1.29 is 4.39 Å². The number of fused-ring (bicyclic) bond motifs is 1. The van der Waals surface area contributed by atoms with Gasteiger partial charge in [-0.15, -0.1) is 11.8 Å². The maximum atomic E-state index is 13.1. The molecule has 2 aliphatic heterocycles. The molecule has 2 aliphatic rings. The van der Waals surface area contributed by atoms with E-state index in [4.69, 9.17) is 0 Å². The van der Waals surface area contributed by atoms with Crippen molar-refractivity contribution in [2.24, 2.45) is 0 Å². The number of aromatic amines is 1. The number of rotatable bonds is 5. The molecule has 3 heterocycles. The molecular formula is C21H24FN3OS. The van der Waals surface area contributed by atoms with E-state index in [-0.39, 0.29) is 11.4 Å². The Morgan fingerprint density at radius 2 is 2.07 bits per heavy atom. The Kier molecular flexibility index (Phi) is 5.74. The second-order valence-electron chi connectivity index (χ2n) is 7.13. The van der Waals surface area contributed by atoms with Gasteiger partial charge >= 0.3 is 0 Å². The zero-order valence-corrected chi connectivity index (χ0v) is 16.2. The first-order chi connectivity index (χ1) is 13.2. The lowest BCUT2D eigenvalue weighted by atomic mass is 9.99. The van der Waals surface area contributed by atoms with Gasteiger partial charge in [-0.1, -0.05) is 18.2 Å². The summed E-state index contributed by atoms with van der Waals surface area (Å²) in [6.45, 7) is 2.91. The molecule has 6 heteroatoms. The van der Waals surface area contributed by atoms with Crippen molar-refractivity contribution >= 4 is 17.3 Å². The highest BCUT2D eigenvalue weighted by molar-refractivity contribution is 7.99.